The molecule has 2 aromatic heterocycles. The molecular weight excluding hydrogens is 224 g/mol. The number of hydrogen-bond acceptors (Lipinski definition) is 4. The zero-order valence-electron chi connectivity index (χ0n) is 10.8. The lowest BCUT2D eigenvalue weighted by molar-refractivity contribution is 0.919. The van der Waals surface area contributed by atoms with Gasteiger partial charge in [-0.2, -0.15) is 0 Å². The normalized spacial score (nSPS) is 10.3. The second-order valence-electron chi connectivity index (χ2n) is 4.14. The van der Waals surface area contributed by atoms with Crippen LogP contribution in [0.25, 0.3) is 0 Å². The van der Waals surface area contributed by atoms with Gasteiger partial charge in [0.1, 0.15) is 11.6 Å². The summed E-state index contributed by atoms with van der Waals surface area (Å²) >= 11 is 0. The highest BCUT2D eigenvalue weighted by Crippen LogP contribution is 2.07. The van der Waals surface area contributed by atoms with Gasteiger partial charge in [0.15, 0.2) is 0 Å². The van der Waals surface area contributed by atoms with E-state index >= 15 is 0 Å². The molecule has 0 aliphatic heterocycles. The van der Waals surface area contributed by atoms with Gasteiger partial charge in [0.25, 0.3) is 0 Å². The Labute approximate surface area is 108 Å². The van der Waals surface area contributed by atoms with Crippen LogP contribution in [0.15, 0.2) is 30.5 Å². The Morgan fingerprint density at radius 3 is 2.78 bits per heavy atom. The molecule has 0 atom stereocenters. The SMILES string of the molecule is CCc1cc(NCCc2ccccn2)nc(C)n1. The highest BCUT2D eigenvalue weighted by atomic mass is 15.0. The van der Waals surface area contributed by atoms with Crippen molar-refractivity contribution in [2.24, 2.45) is 0 Å². The van der Waals surface area contributed by atoms with Gasteiger partial charge in [-0.1, -0.05) is 13.0 Å². The maximum Gasteiger partial charge on any atom is 0.129 e. The van der Waals surface area contributed by atoms with Crippen LogP contribution in [0.4, 0.5) is 5.82 Å². The Morgan fingerprint density at radius 2 is 2.06 bits per heavy atom. The largest absolute Gasteiger partial charge is 0.370 e. The molecule has 0 saturated heterocycles. The van der Waals surface area contributed by atoms with Gasteiger partial charge in [-0.25, -0.2) is 9.97 Å². The highest BCUT2D eigenvalue weighted by molar-refractivity contribution is 5.36. The molecule has 2 heterocycles. The third-order valence-corrected chi connectivity index (χ3v) is 2.67. The maximum absolute atomic E-state index is 4.37. The van der Waals surface area contributed by atoms with Gasteiger partial charge in [-0.05, 0) is 25.5 Å². The first-order valence-corrected chi connectivity index (χ1v) is 6.26. The first kappa shape index (κ1) is 12.5. The first-order valence-electron chi connectivity index (χ1n) is 6.26. The molecule has 94 valence electrons. The van der Waals surface area contributed by atoms with Crippen molar-refractivity contribution in [1.82, 2.24) is 15.0 Å². The summed E-state index contributed by atoms with van der Waals surface area (Å²) in [7, 11) is 0. The maximum atomic E-state index is 4.37. The van der Waals surface area contributed by atoms with E-state index in [1.54, 1.807) is 0 Å². The molecule has 1 N–H and O–H groups in total. The average Bonchev–Trinajstić information content (AvgIpc) is 2.39. The van der Waals surface area contributed by atoms with E-state index in [-0.39, 0.29) is 0 Å². The summed E-state index contributed by atoms with van der Waals surface area (Å²) in [5.74, 6) is 1.71. The zero-order valence-corrected chi connectivity index (χ0v) is 10.8. The van der Waals surface area contributed by atoms with E-state index in [9.17, 15) is 0 Å². The Kier molecular flexibility index (Phi) is 4.23. The number of aryl methyl sites for hydroxylation is 2. The second kappa shape index (κ2) is 6.10. The van der Waals surface area contributed by atoms with E-state index in [2.05, 4.69) is 27.2 Å². The minimum Gasteiger partial charge on any atom is -0.370 e. The predicted molar refractivity (Wildman–Crippen MR) is 72.6 cm³/mol. The number of nitrogens with one attached hydrogen (secondary N) is 1. The molecule has 4 heteroatoms. The van der Waals surface area contributed by atoms with Crippen LogP contribution in [0.3, 0.4) is 0 Å². The lowest BCUT2D eigenvalue weighted by Gasteiger charge is -2.07. The van der Waals surface area contributed by atoms with Crippen LogP contribution < -0.4 is 5.32 Å². The molecule has 0 saturated carbocycles. The molecule has 0 unspecified atom stereocenters. The predicted octanol–water partition coefficient (Wildman–Crippen LogP) is 2.40. The van der Waals surface area contributed by atoms with Crippen molar-refractivity contribution >= 4 is 5.82 Å². The van der Waals surface area contributed by atoms with Crippen molar-refractivity contribution < 1.29 is 0 Å². The van der Waals surface area contributed by atoms with Gasteiger partial charge >= 0.3 is 0 Å². The molecule has 0 aromatic carbocycles. The lowest BCUT2D eigenvalue weighted by atomic mass is 10.2. The van der Waals surface area contributed by atoms with E-state index in [1.807, 2.05) is 37.4 Å². The summed E-state index contributed by atoms with van der Waals surface area (Å²) in [6.07, 6.45) is 3.64. The topological polar surface area (TPSA) is 50.7 Å². The van der Waals surface area contributed by atoms with E-state index in [1.165, 1.54) is 0 Å². The Bertz CT molecular complexity index is 496. The molecule has 0 radical (unpaired) electrons. The molecule has 0 spiro atoms. The summed E-state index contributed by atoms with van der Waals surface area (Å²) in [4.78, 5) is 13.0. The molecule has 2 aromatic rings. The van der Waals surface area contributed by atoms with Gasteiger partial charge in [-0.3, -0.25) is 4.98 Å². The van der Waals surface area contributed by atoms with Crippen LogP contribution in [0.1, 0.15) is 24.1 Å². The molecular formula is C14H18N4. The van der Waals surface area contributed by atoms with Crippen LogP contribution >= 0.6 is 0 Å². The number of rotatable bonds is 5. The number of hydrogen-bond donors (Lipinski definition) is 1. The standard InChI is InChI=1S/C14H18N4/c1-3-12-10-14(18-11(2)17-12)16-9-7-13-6-4-5-8-15-13/h4-6,8,10H,3,7,9H2,1-2H3,(H,16,17,18). The van der Waals surface area contributed by atoms with E-state index in [0.29, 0.717) is 0 Å². The Hall–Kier alpha value is -1.97. The Morgan fingerprint density at radius 1 is 1.17 bits per heavy atom. The van der Waals surface area contributed by atoms with Gasteiger partial charge in [-0.15, -0.1) is 0 Å². The summed E-state index contributed by atoms with van der Waals surface area (Å²) in [5.41, 5.74) is 2.16. The summed E-state index contributed by atoms with van der Waals surface area (Å²) in [6.45, 7) is 4.85. The summed E-state index contributed by atoms with van der Waals surface area (Å²) < 4.78 is 0. The van der Waals surface area contributed by atoms with Crippen molar-refractivity contribution in [1.29, 1.82) is 0 Å². The van der Waals surface area contributed by atoms with Gasteiger partial charge in [0, 0.05) is 36.6 Å². The quantitative estimate of drug-likeness (QED) is 0.874. The molecule has 0 fully saturated rings. The third kappa shape index (κ3) is 3.52. The molecule has 0 aliphatic carbocycles. The molecule has 0 amide bonds. The van der Waals surface area contributed by atoms with Crippen molar-refractivity contribution in [3.8, 4) is 0 Å². The van der Waals surface area contributed by atoms with Gasteiger partial charge in [0.05, 0.1) is 0 Å². The van der Waals surface area contributed by atoms with E-state index in [0.717, 1.165) is 42.4 Å². The lowest BCUT2D eigenvalue weighted by Crippen LogP contribution is -2.09. The smallest absolute Gasteiger partial charge is 0.129 e. The molecule has 0 bridgehead atoms. The highest BCUT2D eigenvalue weighted by Gasteiger charge is 2.00. The molecule has 0 aliphatic rings. The third-order valence-electron chi connectivity index (χ3n) is 2.67. The minimum absolute atomic E-state index is 0.815. The van der Waals surface area contributed by atoms with Crippen LogP contribution in [0.5, 0.6) is 0 Å². The van der Waals surface area contributed by atoms with Crippen molar-refractivity contribution in [3.63, 3.8) is 0 Å². The number of aromatic nitrogens is 3. The number of pyridine rings is 1. The van der Waals surface area contributed by atoms with Crippen molar-refractivity contribution in [3.05, 3.63) is 47.7 Å². The van der Waals surface area contributed by atoms with Gasteiger partial charge in [0.2, 0.25) is 0 Å². The molecule has 4 nitrogen and oxygen atoms in total. The minimum atomic E-state index is 0.815. The average molecular weight is 242 g/mol. The fourth-order valence-electron chi connectivity index (χ4n) is 1.77. The zero-order chi connectivity index (χ0) is 12.8. The van der Waals surface area contributed by atoms with Crippen LogP contribution in [-0.2, 0) is 12.8 Å². The fourth-order valence-corrected chi connectivity index (χ4v) is 1.77. The van der Waals surface area contributed by atoms with Crippen molar-refractivity contribution in [2.75, 3.05) is 11.9 Å². The van der Waals surface area contributed by atoms with E-state index in [4.69, 9.17) is 0 Å². The van der Waals surface area contributed by atoms with Crippen molar-refractivity contribution in [2.45, 2.75) is 26.7 Å². The van der Waals surface area contributed by atoms with E-state index < -0.39 is 0 Å². The molecule has 18 heavy (non-hydrogen) atoms. The van der Waals surface area contributed by atoms with Gasteiger partial charge < -0.3 is 5.32 Å². The fraction of sp³-hybridized carbons (Fsp3) is 0.357. The van der Waals surface area contributed by atoms with Crippen LogP contribution in [0, 0.1) is 6.92 Å². The monoisotopic (exact) mass is 242 g/mol. The molecule has 2 rings (SSSR count). The number of anilines is 1. The van der Waals surface area contributed by atoms with Crippen LogP contribution in [0.2, 0.25) is 0 Å². The second-order valence-corrected chi connectivity index (χ2v) is 4.14. The van der Waals surface area contributed by atoms with Crippen LogP contribution in [-0.4, -0.2) is 21.5 Å². The Balaban J connectivity index is 1.92. The first-order chi connectivity index (χ1) is 8.78. The summed E-state index contributed by atoms with van der Waals surface area (Å²) in [5, 5.41) is 3.32. The summed E-state index contributed by atoms with van der Waals surface area (Å²) in [6, 6.07) is 7.97. The number of nitrogens with zero attached hydrogens (tertiary/aromatic N) is 3.